The molecular formula is C17H17BrClNOS. The fourth-order valence-electron chi connectivity index (χ4n) is 2.15. The summed E-state index contributed by atoms with van der Waals surface area (Å²) >= 11 is 5.29. The molecular weight excluding hydrogens is 382 g/mol. The zero-order valence-corrected chi connectivity index (χ0v) is 15.4. The highest BCUT2D eigenvalue weighted by atomic mass is 79.9. The second kappa shape index (κ2) is 7.97. The third-order valence-electron chi connectivity index (χ3n) is 3.28. The summed E-state index contributed by atoms with van der Waals surface area (Å²) in [5.74, 6) is 1.88. The molecule has 0 bridgehead atoms. The SMILES string of the molecule is Cc1cc(-c2ccc(CNCc3cccs3)o2)ccc1Br.Cl. The number of halogens is 2. The number of furan rings is 1. The summed E-state index contributed by atoms with van der Waals surface area (Å²) in [4.78, 5) is 1.34. The molecule has 3 rings (SSSR count). The molecule has 0 unspecified atom stereocenters. The minimum atomic E-state index is 0. The van der Waals surface area contributed by atoms with Gasteiger partial charge in [0.25, 0.3) is 0 Å². The van der Waals surface area contributed by atoms with E-state index in [1.54, 1.807) is 11.3 Å². The normalized spacial score (nSPS) is 10.5. The number of hydrogen-bond acceptors (Lipinski definition) is 3. The van der Waals surface area contributed by atoms with Crippen LogP contribution in [0.25, 0.3) is 11.3 Å². The molecule has 22 heavy (non-hydrogen) atoms. The van der Waals surface area contributed by atoms with E-state index in [2.05, 4.69) is 63.9 Å². The molecule has 2 heterocycles. The van der Waals surface area contributed by atoms with Crippen molar-refractivity contribution in [1.82, 2.24) is 5.32 Å². The molecule has 0 spiro atoms. The molecule has 3 aromatic rings. The van der Waals surface area contributed by atoms with Crippen LogP contribution in [-0.2, 0) is 13.1 Å². The Morgan fingerprint density at radius 3 is 2.73 bits per heavy atom. The van der Waals surface area contributed by atoms with Gasteiger partial charge >= 0.3 is 0 Å². The van der Waals surface area contributed by atoms with Crippen molar-refractivity contribution in [3.05, 3.63) is 68.5 Å². The second-order valence-electron chi connectivity index (χ2n) is 4.91. The summed E-state index contributed by atoms with van der Waals surface area (Å²) in [6.07, 6.45) is 0. The quantitative estimate of drug-likeness (QED) is 0.588. The second-order valence-corrected chi connectivity index (χ2v) is 6.80. The molecule has 116 valence electrons. The summed E-state index contributed by atoms with van der Waals surface area (Å²) in [5, 5.41) is 5.49. The Bertz CT molecular complexity index is 724. The minimum absolute atomic E-state index is 0. The van der Waals surface area contributed by atoms with Crippen LogP contribution in [0, 0.1) is 6.92 Å². The molecule has 0 aliphatic rings. The molecule has 0 aliphatic heterocycles. The third-order valence-corrected chi connectivity index (χ3v) is 5.05. The van der Waals surface area contributed by atoms with Gasteiger partial charge in [0.05, 0.1) is 6.54 Å². The van der Waals surface area contributed by atoms with Crippen molar-refractivity contribution in [2.75, 3.05) is 0 Å². The maximum atomic E-state index is 5.91. The molecule has 5 heteroatoms. The summed E-state index contributed by atoms with van der Waals surface area (Å²) in [7, 11) is 0. The topological polar surface area (TPSA) is 25.2 Å². The van der Waals surface area contributed by atoms with Crippen LogP contribution < -0.4 is 5.32 Å². The zero-order valence-electron chi connectivity index (χ0n) is 12.1. The largest absolute Gasteiger partial charge is 0.460 e. The zero-order chi connectivity index (χ0) is 14.7. The van der Waals surface area contributed by atoms with Gasteiger partial charge in [-0.1, -0.05) is 28.1 Å². The number of rotatable bonds is 5. The van der Waals surface area contributed by atoms with E-state index in [-0.39, 0.29) is 12.4 Å². The van der Waals surface area contributed by atoms with Crippen molar-refractivity contribution < 1.29 is 4.42 Å². The fraction of sp³-hybridized carbons (Fsp3) is 0.176. The van der Waals surface area contributed by atoms with Gasteiger partial charge in [0.1, 0.15) is 11.5 Å². The van der Waals surface area contributed by atoms with E-state index >= 15 is 0 Å². The Balaban J connectivity index is 0.00000176. The van der Waals surface area contributed by atoms with Gasteiger partial charge in [0, 0.05) is 21.5 Å². The number of hydrogen-bond donors (Lipinski definition) is 1. The molecule has 1 N–H and O–H groups in total. The standard InChI is InChI=1S/C17H16BrNOS.ClH/c1-12-9-13(4-6-16(12)18)17-7-5-14(20-17)10-19-11-15-3-2-8-21-15;/h2-9,19H,10-11H2,1H3;1H. The van der Waals surface area contributed by atoms with Crippen molar-refractivity contribution in [3.63, 3.8) is 0 Å². The summed E-state index contributed by atoms with van der Waals surface area (Å²) in [6, 6.07) is 14.5. The van der Waals surface area contributed by atoms with E-state index in [1.165, 1.54) is 10.4 Å². The van der Waals surface area contributed by atoms with Gasteiger partial charge in [0.15, 0.2) is 0 Å². The molecule has 0 saturated carbocycles. The van der Waals surface area contributed by atoms with Crippen LogP contribution in [0.5, 0.6) is 0 Å². The van der Waals surface area contributed by atoms with E-state index in [9.17, 15) is 0 Å². The van der Waals surface area contributed by atoms with Crippen LogP contribution in [0.4, 0.5) is 0 Å². The number of nitrogens with one attached hydrogen (secondary N) is 1. The first kappa shape index (κ1) is 17.3. The molecule has 0 atom stereocenters. The van der Waals surface area contributed by atoms with Crippen LogP contribution in [0.1, 0.15) is 16.2 Å². The highest BCUT2D eigenvalue weighted by Gasteiger charge is 2.06. The fourth-order valence-corrected chi connectivity index (χ4v) is 3.07. The smallest absolute Gasteiger partial charge is 0.134 e. The number of aryl methyl sites for hydroxylation is 1. The van der Waals surface area contributed by atoms with Crippen molar-refractivity contribution >= 4 is 39.7 Å². The molecule has 0 radical (unpaired) electrons. The molecule has 0 aliphatic carbocycles. The maximum Gasteiger partial charge on any atom is 0.134 e. The van der Waals surface area contributed by atoms with Crippen LogP contribution in [0.3, 0.4) is 0 Å². The Morgan fingerprint density at radius 2 is 2.00 bits per heavy atom. The van der Waals surface area contributed by atoms with Crippen molar-refractivity contribution in [2.45, 2.75) is 20.0 Å². The highest BCUT2D eigenvalue weighted by Crippen LogP contribution is 2.26. The average Bonchev–Trinajstić information content (AvgIpc) is 3.13. The Hall–Kier alpha value is -1.07. The van der Waals surface area contributed by atoms with Gasteiger partial charge in [-0.2, -0.15) is 0 Å². The average molecular weight is 399 g/mol. The van der Waals surface area contributed by atoms with Crippen LogP contribution in [0.15, 0.2) is 56.7 Å². The van der Waals surface area contributed by atoms with Crippen molar-refractivity contribution in [2.24, 2.45) is 0 Å². The Morgan fingerprint density at radius 1 is 1.14 bits per heavy atom. The molecule has 0 fully saturated rings. The summed E-state index contributed by atoms with van der Waals surface area (Å²) in [6.45, 7) is 3.71. The molecule has 0 amide bonds. The van der Waals surface area contributed by atoms with Crippen LogP contribution >= 0.6 is 39.7 Å². The minimum Gasteiger partial charge on any atom is -0.460 e. The number of benzene rings is 1. The predicted octanol–water partition coefficient (Wildman–Crippen LogP) is 5.79. The number of thiophene rings is 1. The van der Waals surface area contributed by atoms with Gasteiger partial charge in [-0.3, -0.25) is 0 Å². The van der Waals surface area contributed by atoms with E-state index in [4.69, 9.17) is 4.42 Å². The molecule has 1 aromatic carbocycles. The highest BCUT2D eigenvalue weighted by molar-refractivity contribution is 9.10. The molecule has 2 nitrogen and oxygen atoms in total. The third kappa shape index (κ3) is 4.23. The van der Waals surface area contributed by atoms with Gasteiger partial charge < -0.3 is 9.73 Å². The van der Waals surface area contributed by atoms with Gasteiger partial charge in [-0.25, -0.2) is 0 Å². The summed E-state index contributed by atoms with van der Waals surface area (Å²) in [5.41, 5.74) is 2.32. The predicted molar refractivity (Wildman–Crippen MR) is 98.7 cm³/mol. The van der Waals surface area contributed by atoms with Gasteiger partial charge in [-0.15, -0.1) is 23.7 Å². The summed E-state index contributed by atoms with van der Waals surface area (Å²) < 4.78 is 7.03. The van der Waals surface area contributed by atoms with Crippen LogP contribution in [-0.4, -0.2) is 0 Å². The lowest BCUT2D eigenvalue weighted by Gasteiger charge is -2.02. The lowest BCUT2D eigenvalue weighted by atomic mass is 10.1. The van der Waals surface area contributed by atoms with Crippen molar-refractivity contribution in [1.29, 1.82) is 0 Å². The van der Waals surface area contributed by atoms with Gasteiger partial charge in [-0.05, 0) is 48.2 Å². The lowest BCUT2D eigenvalue weighted by molar-refractivity contribution is 0.494. The Labute approximate surface area is 149 Å². The Kier molecular flexibility index (Phi) is 6.26. The monoisotopic (exact) mass is 397 g/mol. The molecule has 2 aromatic heterocycles. The lowest BCUT2D eigenvalue weighted by Crippen LogP contribution is -2.10. The molecule has 0 saturated heterocycles. The van der Waals surface area contributed by atoms with Crippen LogP contribution in [0.2, 0.25) is 0 Å². The first-order valence-electron chi connectivity index (χ1n) is 6.81. The van der Waals surface area contributed by atoms with E-state index in [0.29, 0.717) is 0 Å². The van der Waals surface area contributed by atoms with Gasteiger partial charge in [0.2, 0.25) is 0 Å². The van der Waals surface area contributed by atoms with E-state index < -0.39 is 0 Å². The van der Waals surface area contributed by atoms with Crippen molar-refractivity contribution in [3.8, 4) is 11.3 Å². The first-order chi connectivity index (χ1) is 10.2. The van der Waals surface area contributed by atoms with E-state index in [0.717, 1.165) is 34.6 Å². The van der Waals surface area contributed by atoms with E-state index in [1.807, 2.05) is 12.1 Å². The first-order valence-corrected chi connectivity index (χ1v) is 8.48. The maximum absolute atomic E-state index is 5.91.